The smallest absolute Gasteiger partial charge is 0.227 e. The van der Waals surface area contributed by atoms with Crippen LogP contribution in [0.4, 0.5) is 5.69 Å². The van der Waals surface area contributed by atoms with Gasteiger partial charge in [-0.15, -0.1) is 0 Å². The van der Waals surface area contributed by atoms with Crippen LogP contribution in [0.3, 0.4) is 0 Å². The van der Waals surface area contributed by atoms with Crippen LogP contribution in [0.25, 0.3) is 43.7 Å². The van der Waals surface area contributed by atoms with Crippen LogP contribution in [0, 0.1) is 0 Å². The molecule has 0 spiro atoms. The Hall–Kier alpha value is -3.72. The second kappa shape index (κ2) is 6.67. The molecule has 4 aromatic carbocycles. The number of hydrogen-bond donors (Lipinski definition) is 0. The van der Waals surface area contributed by atoms with Crippen molar-refractivity contribution in [2.45, 2.75) is 12.8 Å². The highest BCUT2D eigenvalue weighted by molar-refractivity contribution is 6.14. The lowest BCUT2D eigenvalue weighted by molar-refractivity contribution is -0.117. The van der Waals surface area contributed by atoms with Gasteiger partial charge in [0.1, 0.15) is 0 Å². The first-order valence-electron chi connectivity index (χ1n) is 10.4. The molecule has 0 bridgehead atoms. The fourth-order valence-electron chi connectivity index (χ4n) is 4.69. The van der Waals surface area contributed by atoms with Gasteiger partial charge in [0.25, 0.3) is 0 Å². The van der Waals surface area contributed by atoms with Crippen molar-refractivity contribution in [1.29, 1.82) is 0 Å². The highest BCUT2D eigenvalue weighted by Crippen LogP contribution is 2.38. The van der Waals surface area contributed by atoms with E-state index in [4.69, 9.17) is 4.98 Å². The zero-order valence-corrected chi connectivity index (χ0v) is 16.5. The van der Waals surface area contributed by atoms with Crippen LogP contribution in [-0.4, -0.2) is 17.4 Å². The molecule has 0 unspecified atom stereocenters. The normalized spacial score (nSPS) is 14.3. The van der Waals surface area contributed by atoms with Crippen molar-refractivity contribution in [1.82, 2.24) is 4.98 Å². The third kappa shape index (κ3) is 2.59. The minimum Gasteiger partial charge on any atom is -0.312 e. The molecule has 30 heavy (non-hydrogen) atoms. The predicted octanol–water partition coefficient (Wildman–Crippen LogP) is 6.34. The summed E-state index contributed by atoms with van der Waals surface area (Å²) in [5.74, 6) is 0.195. The number of carbonyl (C=O) groups is 1. The maximum Gasteiger partial charge on any atom is 0.227 e. The number of hydrogen-bond acceptors (Lipinski definition) is 2. The van der Waals surface area contributed by atoms with Crippen LogP contribution < -0.4 is 4.90 Å². The molecule has 3 heteroatoms. The van der Waals surface area contributed by atoms with E-state index < -0.39 is 0 Å². The van der Waals surface area contributed by atoms with Crippen LogP contribution in [0.5, 0.6) is 0 Å². The summed E-state index contributed by atoms with van der Waals surface area (Å²) in [6.45, 7) is 0.769. The number of rotatable bonds is 2. The second-order valence-corrected chi connectivity index (χ2v) is 7.88. The molecule has 0 N–H and O–H groups in total. The zero-order chi connectivity index (χ0) is 20.1. The number of pyridine rings is 1. The minimum absolute atomic E-state index is 0.195. The SMILES string of the molecule is O=C1CCCN1c1cc(-c2cc3ccccc3c3ccccc23)nc2ccccc12. The summed E-state index contributed by atoms with van der Waals surface area (Å²) < 4.78 is 0. The third-order valence-corrected chi connectivity index (χ3v) is 6.10. The topological polar surface area (TPSA) is 33.2 Å². The molecular formula is C27H20N2O. The molecule has 0 saturated carbocycles. The van der Waals surface area contributed by atoms with Gasteiger partial charge in [-0.25, -0.2) is 4.98 Å². The molecule has 144 valence electrons. The van der Waals surface area contributed by atoms with Gasteiger partial charge >= 0.3 is 0 Å². The van der Waals surface area contributed by atoms with E-state index in [2.05, 4.69) is 66.7 Å². The molecular weight excluding hydrogens is 368 g/mol. The van der Waals surface area contributed by atoms with E-state index in [0.29, 0.717) is 6.42 Å². The first kappa shape index (κ1) is 17.2. The summed E-state index contributed by atoms with van der Waals surface area (Å²) in [6, 6.07) is 29.4. The predicted molar refractivity (Wildman–Crippen MR) is 124 cm³/mol. The van der Waals surface area contributed by atoms with Crippen molar-refractivity contribution < 1.29 is 4.79 Å². The number of para-hydroxylation sites is 1. The summed E-state index contributed by atoms with van der Waals surface area (Å²) in [5, 5.41) is 5.87. The average molecular weight is 388 g/mol. The lowest BCUT2D eigenvalue weighted by Gasteiger charge is -2.20. The number of fused-ring (bicyclic) bond motifs is 4. The highest BCUT2D eigenvalue weighted by Gasteiger charge is 2.24. The Labute approximate surface area is 174 Å². The van der Waals surface area contributed by atoms with E-state index in [1.165, 1.54) is 21.5 Å². The Morgan fingerprint density at radius 3 is 2.23 bits per heavy atom. The molecule has 3 nitrogen and oxygen atoms in total. The van der Waals surface area contributed by atoms with Crippen LogP contribution in [0.15, 0.2) is 84.9 Å². The Bertz CT molecular complexity index is 1450. The van der Waals surface area contributed by atoms with E-state index in [-0.39, 0.29) is 5.91 Å². The number of anilines is 1. The Balaban J connectivity index is 1.69. The monoisotopic (exact) mass is 388 g/mol. The molecule has 1 aromatic heterocycles. The third-order valence-electron chi connectivity index (χ3n) is 6.10. The number of nitrogens with zero attached hydrogens (tertiary/aromatic N) is 2. The molecule has 0 atom stereocenters. The summed E-state index contributed by atoms with van der Waals surface area (Å²) in [7, 11) is 0. The fraction of sp³-hybridized carbons (Fsp3) is 0.111. The molecule has 1 saturated heterocycles. The summed E-state index contributed by atoms with van der Waals surface area (Å²) in [6.07, 6.45) is 1.52. The molecule has 0 aliphatic carbocycles. The molecule has 1 fully saturated rings. The van der Waals surface area contributed by atoms with Crippen LogP contribution in [0.1, 0.15) is 12.8 Å². The fourth-order valence-corrected chi connectivity index (χ4v) is 4.69. The quantitative estimate of drug-likeness (QED) is 0.331. The zero-order valence-electron chi connectivity index (χ0n) is 16.5. The molecule has 1 amide bonds. The molecule has 5 aromatic rings. The van der Waals surface area contributed by atoms with Crippen LogP contribution in [0.2, 0.25) is 0 Å². The van der Waals surface area contributed by atoms with Crippen molar-refractivity contribution in [2.75, 3.05) is 11.4 Å². The van der Waals surface area contributed by atoms with Gasteiger partial charge in [-0.2, -0.15) is 0 Å². The summed E-state index contributed by atoms with van der Waals surface area (Å²) >= 11 is 0. The van der Waals surface area contributed by atoms with Gasteiger partial charge in [-0.3, -0.25) is 4.79 Å². The lowest BCUT2D eigenvalue weighted by Crippen LogP contribution is -2.24. The standard InChI is InChI=1S/C27H20N2O/c30-27-14-7-15-29(27)26-17-25(28-24-13-6-5-12-22(24)26)23-16-18-8-1-2-9-19(18)20-10-3-4-11-21(20)23/h1-6,8-13,16-17H,7,14-15H2. The van der Waals surface area contributed by atoms with Crippen molar-refractivity contribution in [2.24, 2.45) is 0 Å². The first-order chi connectivity index (χ1) is 14.8. The van der Waals surface area contributed by atoms with Gasteiger partial charge < -0.3 is 4.90 Å². The maximum atomic E-state index is 12.6. The van der Waals surface area contributed by atoms with Gasteiger partial charge in [0, 0.05) is 23.9 Å². The van der Waals surface area contributed by atoms with Crippen LogP contribution in [-0.2, 0) is 4.79 Å². The van der Waals surface area contributed by atoms with E-state index in [1.54, 1.807) is 0 Å². The van der Waals surface area contributed by atoms with Gasteiger partial charge in [0.05, 0.1) is 16.9 Å². The van der Waals surface area contributed by atoms with Crippen molar-refractivity contribution in [3.8, 4) is 11.3 Å². The number of benzene rings is 4. The number of aromatic nitrogens is 1. The van der Waals surface area contributed by atoms with Gasteiger partial charge in [0.2, 0.25) is 5.91 Å². The van der Waals surface area contributed by atoms with Crippen molar-refractivity contribution >= 4 is 44.0 Å². The molecule has 6 rings (SSSR count). The van der Waals surface area contributed by atoms with Gasteiger partial charge in [0.15, 0.2) is 0 Å². The lowest BCUT2D eigenvalue weighted by atomic mass is 9.95. The first-order valence-corrected chi connectivity index (χ1v) is 10.4. The summed E-state index contributed by atoms with van der Waals surface area (Å²) in [4.78, 5) is 19.5. The van der Waals surface area contributed by atoms with Gasteiger partial charge in [-0.05, 0) is 46.2 Å². The second-order valence-electron chi connectivity index (χ2n) is 7.88. The highest BCUT2D eigenvalue weighted by atomic mass is 16.2. The Morgan fingerprint density at radius 1 is 0.733 bits per heavy atom. The molecule has 0 radical (unpaired) electrons. The maximum absolute atomic E-state index is 12.6. The van der Waals surface area contributed by atoms with E-state index in [1.807, 2.05) is 23.1 Å². The Morgan fingerprint density at radius 2 is 1.43 bits per heavy atom. The molecule has 1 aliphatic rings. The molecule has 1 aliphatic heterocycles. The minimum atomic E-state index is 0.195. The van der Waals surface area contributed by atoms with Crippen LogP contribution >= 0.6 is 0 Å². The van der Waals surface area contributed by atoms with E-state index in [9.17, 15) is 4.79 Å². The Kier molecular flexibility index (Phi) is 3.81. The van der Waals surface area contributed by atoms with E-state index >= 15 is 0 Å². The molecule has 2 heterocycles. The van der Waals surface area contributed by atoms with Crippen molar-refractivity contribution in [3.05, 3.63) is 84.9 Å². The summed E-state index contributed by atoms with van der Waals surface area (Å²) in [5.41, 5.74) is 3.89. The van der Waals surface area contributed by atoms with Gasteiger partial charge in [-0.1, -0.05) is 66.7 Å². The number of carbonyl (C=O) groups excluding carboxylic acids is 1. The largest absolute Gasteiger partial charge is 0.312 e. The number of amides is 1. The van der Waals surface area contributed by atoms with Crippen molar-refractivity contribution in [3.63, 3.8) is 0 Å². The van der Waals surface area contributed by atoms with E-state index in [0.717, 1.165) is 40.8 Å². The average Bonchev–Trinajstić information content (AvgIpc) is 3.23.